The number of aromatic carboxylic acids is 1. The second kappa shape index (κ2) is 5.17. The summed E-state index contributed by atoms with van der Waals surface area (Å²) < 4.78 is 0. The molecule has 0 bridgehead atoms. The molecule has 3 nitrogen and oxygen atoms in total. The molecule has 94 valence electrons. The molecule has 0 heterocycles. The van der Waals surface area contributed by atoms with E-state index in [1.807, 2.05) is 13.0 Å². The minimum Gasteiger partial charge on any atom is -0.545 e. The second-order valence-corrected chi connectivity index (χ2v) is 4.74. The van der Waals surface area contributed by atoms with E-state index in [0.29, 0.717) is 0 Å². The lowest BCUT2D eigenvalue weighted by Crippen LogP contribution is -2.22. The lowest BCUT2D eigenvalue weighted by Gasteiger charge is -2.19. The van der Waals surface area contributed by atoms with Crippen molar-refractivity contribution in [3.63, 3.8) is 0 Å². The van der Waals surface area contributed by atoms with E-state index in [2.05, 4.69) is 0 Å². The summed E-state index contributed by atoms with van der Waals surface area (Å²) in [6, 6.07) is 6.40. The largest absolute Gasteiger partial charge is 0.545 e. The fourth-order valence-electron chi connectivity index (χ4n) is 2.23. The highest BCUT2D eigenvalue weighted by Gasteiger charge is 2.22. The number of hydrogen-bond acceptors (Lipinski definition) is 3. The minimum atomic E-state index is -1.18. The molecule has 1 aromatic rings. The van der Waals surface area contributed by atoms with E-state index >= 15 is 0 Å². The highest BCUT2D eigenvalue weighted by molar-refractivity contribution is 6.01. The van der Waals surface area contributed by atoms with E-state index in [4.69, 9.17) is 0 Å². The zero-order chi connectivity index (χ0) is 13.1. The molecule has 1 aromatic carbocycles. The molecule has 0 aromatic heterocycles. The number of carboxylic acids is 1. The molecule has 1 fully saturated rings. The molecule has 0 unspecified atom stereocenters. The van der Waals surface area contributed by atoms with E-state index in [1.165, 1.54) is 12.1 Å². The first-order valence-corrected chi connectivity index (χ1v) is 6.14. The van der Waals surface area contributed by atoms with Crippen LogP contribution in [0, 0.1) is 5.92 Å². The monoisotopic (exact) mass is 243 g/mol. The number of rotatable bonds is 2. The van der Waals surface area contributed by atoms with Gasteiger partial charge in [0.15, 0.2) is 5.78 Å². The lowest BCUT2D eigenvalue weighted by atomic mass is 9.84. The average Bonchev–Trinajstić information content (AvgIpc) is 2.36. The first-order valence-electron chi connectivity index (χ1n) is 6.14. The summed E-state index contributed by atoms with van der Waals surface area (Å²) in [5.41, 5.74) is 1.85. The molecule has 0 saturated heterocycles. The third kappa shape index (κ3) is 2.67. The maximum Gasteiger partial charge on any atom is 0.161 e. The summed E-state index contributed by atoms with van der Waals surface area (Å²) in [7, 11) is 0. The quantitative estimate of drug-likeness (QED) is 0.744. The van der Waals surface area contributed by atoms with E-state index in [-0.39, 0.29) is 17.3 Å². The van der Waals surface area contributed by atoms with Gasteiger partial charge in [0, 0.05) is 5.92 Å². The zero-order valence-corrected chi connectivity index (χ0v) is 10.3. The van der Waals surface area contributed by atoms with Crippen molar-refractivity contribution >= 4 is 17.8 Å². The number of allylic oxidation sites excluding steroid dienone is 1. The van der Waals surface area contributed by atoms with Gasteiger partial charge < -0.3 is 9.90 Å². The molecule has 0 amide bonds. The average molecular weight is 243 g/mol. The van der Waals surface area contributed by atoms with Crippen molar-refractivity contribution < 1.29 is 14.7 Å². The van der Waals surface area contributed by atoms with Gasteiger partial charge in [0.05, 0.1) is 5.97 Å². The van der Waals surface area contributed by atoms with Gasteiger partial charge in [0.25, 0.3) is 0 Å². The molecule has 3 heteroatoms. The highest BCUT2D eigenvalue weighted by atomic mass is 16.4. The van der Waals surface area contributed by atoms with Crippen LogP contribution < -0.4 is 5.11 Å². The van der Waals surface area contributed by atoms with Crippen molar-refractivity contribution in [1.82, 2.24) is 0 Å². The fraction of sp³-hybridized carbons (Fsp3) is 0.333. The van der Waals surface area contributed by atoms with Gasteiger partial charge in [0.1, 0.15) is 0 Å². The lowest BCUT2D eigenvalue weighted by molar-refractivity contribution is -0.255. The Morgan fingerprint density at radius 3 is 2.61 bits per heavy atom. The summed E-state index contributed by atoms with van der Waals surface area (Å²) >= 11 is 0. The maximum atomic E-state index is 11.9. The van der Waals surface area contributed by atoms with Gasteiger partial charge in [-0.3, -0.25) is 4.79 Å². The molecular weight excluding hydrogens is 228 g/mol. The van der Waals surface area contributed by atoms with E-state index in [0.717, 1.165) is 30.4 Å². The summed E-state index contributed by atoms with van der Waals surface area (Å²) in [6.45, 7) is 1.95. The summed E-state index contributed by atoms with van der Waals surface area (Å²) in [6.07, 6.45) is 4.66. The molecule has 1 aliphatic carbocycles. The number of carboxylic acid groups (broad SMARTS) is 1. The molecule has 0 spiro atoms. The van der Waals surface area contributed by atoms with E-state index in [1.54, 1.807) is 12.1 Å². The van der Waals surface area contributed by atoms with Crippen molar-refractivity contribution in [3.05, 3.63) is 41.0 Å². The fourth-order valence-corrected chi connectivity index (χ4v) is 2.23. The number of Topliss-reactive ketones (excluding diaryl/α,β-unsaturated/α-hetero) is 1. The third-order valence-corrected chi connectivity index (χ3v) is 3.33. The van der Waals surface area contributed by atoms with Gasteiger partial charge in [-0.2, -0.15) is 0 Å². The molecule has 2 rings (SSSR count). The van der Waals surface area contributed by atoms with Crippen LogP contribution in [0.15, 0.2) is 29.8 Å². The number of ketones is 1. The SMILES string of the molecule is C[C@@H]1CCC/C(=C\c2ccc(C(=O)[O-])cc2)C1=O. The molecule has 0 radical (unpaired) electrons. The minimum absolute atomic E-state index is 0.104. The van der Waals surface area contributed by atoms with Crippen LogP contribution in [0.3, 0.4) is 0 Å². The second-order valence-electron chi connectivity index (χ2n) is 4.74. The predicted molar refractivity (Wildman–Crippen MR) is 66.8 cm³/mol. The Morgan fingerprint density at radius 2 is 2.00 bits per heavy atom. The number of carbonyl (C=O) groups excluding carboxylic acids is 2. The van der Waals surface area contributed by atoms with Gasteiger partial charge in [-0.05, 0) is 42.0 Å². The van der Waals surface area contributed by atoms with Crippen LogP contribution in [-0.2, 0) is 4.79 Å². The number of carbonyl (C=O) groups is 2. The van der Waals surface area contributed by atoms with Crippen molar-refractivity contribution in [2.75, 3.05) is 0 Å². The molecule has 18 heavy (non-hydrogen) atoms. The predicted octanol–water partition coefficient (Wildman–Crippen LogP) is 1.82. The van der Waals surface area contributed by atoms with Gasteiger partial charge in [-0.25, -0.2) is 0 Å². The molecular formula is C15H15O3-. The number of hydrogen-bond donors (Lipinski definition) is 0. The first-order chi connectivity index (χ1) is 8.58. The van der Waals surface area contributed by atoms with Crippen molar-refractivity contribution in [2.45, 2.75) is 26.2 Å². The topological polar surface area (TPSA) is 57.2 Å². The van der Waals surface area contributed by atoms with Gasteiger partial charge in [-0.1, -0.05) is 31.2 Å². The normalized spacial score (nSPS) is 22.2. The van der Waals surface area contributed by atoms with Crippen LogP contribution >= 0.6 is 0 Å². The van der Waals surface area contributed by atoms with Crippen LogP contribution in [0.4, 0.5) is 0 Å². The molecule has 1 aliphatic rings. The molecule has 0 aliphatic heterocycles. The standard InChI is InChI=1S/C15H16O3/c1-10-3-2-4-13(14(10)16)9-11-5-7-12(8-6-11)15(17)18/h5-10H,2-4H2,1H3,(H,17,18)/p-1/b13-9+/t10-/m1/s1. The summed E-state index contributed by atoms with van der Waals surface area (Å²) in [5.74, 6) is -0.866. The Hall–Kier alpha value is -1.90. The highest BCUT2D eigenvalue weighted by Crippen LogP contribution is 2.26. The van der Waals surface area contributed by atoms with Gasteiger partial charge in [-0.15, -0.1) is 0 Å². The van der Waals surface area contributed by atoms with Crippen molar-refractivity contribution in [3.8, 4) is 0 Å². The van der Waals surface area contributed by atoms with Crippen LogP contribution in [0.25, 0.3) is 6.08 Å². The Labute approximate surface area is 106 Å². The smallest absolute Gasteiger partial charge is 0.161 e. The van der Waals surface area contributed by atoms with Crippen molar-refractivity contribution in [2.24, 2.45) is 5.92 Å². The number of benzene rings is 1. The van der Waals surface area contributed by atoms with E-state index < -0.39 is 5.97 Å². The first kappa shape index (κ1) is 12.6. The van der Waals surface area contributed by atoms with Crippen LogP contribution in [0.5, 0.6) is 0 Å². The summed E-state index contributed by atoms with van der Waals surface area (Å²) in [4.78, 5) is 22.5. The Bertz CT molecular complexity index is 497. The van der Waals surface area contributed by atoms with Gasteiger partial charge >= 0.3 is 0 Å². The Morgan fingerprint density at radius 1 is 1.33 bits per heavy atom. The van der Waals surface area contributed by atoms with Crippen LogP contribution in [-0.4, -0.2) is 11.8 Å². The van der Waals surface area contributed by atoms with Crippen LogP contribution in [0.2, 0.25) is 0 Å². The zero-order valence-electron chi connectivity index (χ0n) is 10.3. The third-order valence-electron chi connectivity index (χ3n) is 3.33. The van der Waals surface area contributed by atoms with Crippen LogP contribution in [0.1, 0.15) is 42.1 Å². The van der Waals surface area contributed by atoms with E-state index in [9.17, 15) is 14.7 Å². The Kier molecular flexibility index (Phi) is 3.60. The molecule has 1 saturated carbocycles. The summed E-state index contributed by atoms with van der Waals surface area (Å²) in [5, 5.41) is 10.6. The van der Waals surface area contributed by atoms with Gasteiger partial charge in [0.2, 0.25) is 0 Å². The molecule has 0 N–H and O–H groups in total. The maximum absolute atomic E-state index is 11.9. The Balaban J connectivity index is 2.22. The molecule has 1 atom stereocenters. The van der Waals surface area contributed by atoms with Crippen molar-refractivity contribution in [1.29, 1.82) is 0 Å².